The molecule has 0 aromatic carbocycles. The molecule has 0 unspecified atom stereocenters. The van der Waals surface area contributed by atoms with Gasteiger partial charge in [0, 0.05) is 6.42 Å². The average Bonchev–Trinajstić information content (AvgIpc) is 2.34. The minimum absolute atomic E-state index is 0. The molecule has 0 fully saturated rings. The molecule has 0 aliphatic carbocycles. The van der Waals surface area contributed by atoms with Crippen molar-refractivity contribution in [2.45, 2.75) is 26.3 Å². The van der Waals surface area contributed by atoms with Crippen molar-refractivity contribution in [2.24, 2.45) is 5.73 Å². The van der Waals surface area contributed by atoms with Crippen molar-refractivity contribution in [1.82, 2.24) is 0 Å². The predicted octanol–water partition coefficient (Wildman–Crippen LogP) is 2.28. The molecule has 2 nitrogen and oxygen atoms in total. The molecular weight excluding hydrogens is 162 g/mol. The molecule has 0 spiro atoms. The molecule has 1 atom stereocenters. The lowest BCUT2D eigenvalue weighted by Gasteiger charge is -1.97. The van der Waals surface area contributed by atoms with Gasteiger partial charge in [0.25, 0.3) is 0 Å². The maximum atomic E-state index is 5.59. The maximum absolute atomic E-state index is 5.59. The Morgan fingerprint density at radius 2 is 2.18 bits per heavy atom. The summed E-state index contributed by atoms with van der Waals surface area (Å²) in [6.07, 6.45) is 0.937. The molecule has 1 heterocycles. The zero-order chi connectivity index (χ0) is 7.56. The number of nitrogens with two attached hydrogens (primary N) is 1. The SMILES string of the molecule is CCc1ccc([C@H](C)N)o1.Cl. The Morgan fingerprint density at radius 1 is 1.55 bits per heavy atom. The standard InChI is InChI=1S/C8H13NO.ClH/c1-3-7-4-5-8(10-7)6(2)9;/h4-6H,3,9H2,1-2H3;1H/t6-;/m0./s1. The highest BCUT2D eigenvalue weighted by atomic mass is 35.5. The van der Waals surface area contributed by atoms with E-state index in [0.717, 1.165) is 17.9 Å². The fourth-order valence-electron chi connectivity index (χ4n) is 0.829. The Kier molecular flexibility index (Phi) is 4.23. The molecular formula is C8H14ClNO. The summed E-state index contributed by atoms with van der Waals surface area (Å²) in [7, 11) is 0. The molecule has 0 saturated heterocycles. The van der Waals surface area contributed by atoms with E-state index in [9.17, 15) is 0 Å². The molecule has 3 heteroatoms. The molecule has 11 heavy (non-hydrogen) atoms. The summed E-state index contributed by atoms with van der Waals surface area (Å²) in [6.45, 7) is 3.97. The summed E-state index contributed by atoms with van der Waals surface area (Å²) in [5.41, 5.74) is 5.59. The molecule has 1 aromatic rings. The fourth-order valence-corrected chi connectivity index (χ4v) is 0.829. The van der Waals surface area contributed by atoms with Crippen molar-refractivity contribution in [3.8, 4) is 0 Å². The van der Waals surface area contributed by atoms with Crippen LogP contribution in [0, 0.1) is 0 Å². The highest BCUT2D eigenvalue weighted by Gasteiger charge is 2.03. The molecule has 1 aromatic heterocycles. The Balaban J connectivity index is 0.000001000. The van der Waals surface area contributed by atoms with Gasteiger partial charge in [-0.15, -0.1) is 12.4 Å². The Hall–Kier alpha value is -0.470. The van der Waals surface area contributed by atoms with Crippen LogP contribution < -0.4 is 5.73 Å². The van der Waals surface area contributed by atoms with Gasteiger partial charge >= 0.3 is 0 Å². The highest BCUT2D eigenvalue weighted by Crippen LogP contribution is 2.13. The second kappa shape index (κ2) is 4.42. The zero-order valence-electron chi connectivity index (χ0n) is 6.83. The van der Waals surface area contributed by atoms with E-state index in [1.54, 1.807) is 0 Å². The van der Waals surface area contributed by atoms with E-state index in [1.165, 1.54) is 0 Å². The monoisotopic (exact) mass is 175 g/mol. The Labute approximate surface area is 73.2 Å². The van der Waals surface area contributed by atoms with Gasteiger partial charge in [-0.1, -0.05) is 6.92 Å². The van der Waals surface area contributed by atoms with Gasteiger partial charge in [-0.2, -0.15) is 0 Å². The minimum Gasteiger partial charge on any atom is -0.464 e. The van der Waals surface area contributed by atoms with Crippen molar-refractivity contribution in [2.75, 3.05) is 0 Å². The third-order valence-electron chi connectivity index (χ3n) is 1.48. The van der Waals surface area contributed by atoms with Gasteiger partial charge in [0.15, 0.2) is 0 Å². The first-order chi connectivity index (χ1) is 4.74. The van der Waals surface area contributed by atoms with E-state index in [1.807, 2.05) is 19.1 Å². The molecule has 0 bridgehead atoms. The minimum atomic E-state index is 0. The van der Waals surface area contributed by atoms with Crippen LogP contribution in [0.15, 0.2) is 16.5 Å². The van der Waals surface area contributed by atoms with Gasteiger partial charge < -0.3 is 10.2 Å². The lowest BCUT2D eigenvalue weighted by molar-refractivity contribution is 0.446. The van der Waals surface area contributed by atoms with Gasteiger partial charge in [-0.25, -0.2) is 0 Å². The summed E-state index contributed by atoms with van der Waals surface area (Å²) in [6, 6.07) is 3.92. The highest BCUT2D eigenvalue weighted by molar-refractivity contribution is 5.85. The summed E-state index contributed by atoms with van der Waals surface area (Å²) >= 11 is 0. The van der Waals surface area contributed by atoms with Crippen LogP contribution in [0.4, 0.5) is 0 Å². The first kappa shape index (κ1) is 10.5. The van der Waals surface area contributed by atoms with Crippen LogP contribution in [0.2, 0.25) is 0 Å². The lowest BCUT2D eigenvalue weighted by Crippen LogP contribution is -2.02. The first-order valence-electron chi connectivity index (χ1n) is 3.58. The summed E-state index contributed by atoms with van der Waals surface area (Å²) in [5, 5.41) is 0. The topological polar surface area (TPSA) is 39.2 Å². The second-order valence-electron chi connectivity index (χ2n) is 2.45. The molecule has 64 valence electrons. The van der Waals surface area contributed by atoms with Crippen molar-refractivity contribution in [3.63, 3.8) is 0 Å². The molecule has 0 amide bonds. The summed E-state index contributed by atoms with van der Waals surface area (Å²) < 4.78 is 5.37. The largest absolute Gasteiger partial charge is 0.464 e. The third kappa shape index (κ3) is 2.56. The van der Waals surface area contributed by atoms with Crippen molar-refractivity contribution in [3.05, 3.63) is 23.7 Å². The Morgan fingerprint density at radius 3 is 2.45 bits per heavy atom. The van der Waals surface area contributed by atoms with Crippen LogP contribution in [0.5, 0.6) is 0 Å². The van der Waals surface area contributed by atoms with E-state index < -0.39 is 0 Å². The number of rotatable bonds is 2. The van der Waals surface area contributed by atoms with E-state index in [4.69, 9.17) is 10.2 Å². The fraction of sp³-hybridized carbons (Fsp3) is 0.500. The van der Waals surface area contributed by atoms with Crippen LogP contribution >= 0.6 is 12.4 Å². The van der Waals surface area contributed by atoms with E-state index in [-0.39, 0.29) is 18.4 Å². The second-order valence-corrected chi connectivity index (χ2v) is 2.45. The van der Waals surface area contributed by atoms with E-state index in [0.29, 0.717) is 0 Å². The number of hydrogen-bond donors (Lipinski definition) is 1. The maximum Gasteiger partial charge on any atom is 0.120 e. The first-order valence-corrected chi connectivity index (χ1v) is 3.58. The normalized spacial score (nSPS) is 12.3. The van der Waals surface area contributed by atoms with Crippen molar-refractivity contribution in [1.29, 1.82) is 0 Å². The number of furan rings is 1. The molecule has 0 aliphatic rings. The number of aryl methyl sites for hydroxylation is 1. The van der Waals surface area contributed by atoms with Gasteiger partial charge in [0.2, 0.25) is 0 Å². The number of hydrogen-bond acceptors (Lipinski definition) is 2. The summed E-state index contributed by atoms with van der Waals surface area (Å²) in [4.78, 5) is 0. The van der Waals surface area contributed by atoms with E-state index >= 15 is 0 Å². The molecule has 2 N–H and O–H groups in total. The molecule has 1 rings (SSSR count). The summed E-state index contributed by atoms with van der Waals surface area (Å²) in [5.74, 6) is 1.88. The van der Waals surface area contributed by atoms with Gasteiger partial charge in [-0.3, -0.25) is 0 Å². The molecule has 0 radical (unpaired) electrons. The predicted molar refractivity (Wildman–Crippen MR) is 47.9 cm³/mol. The third-order valence-corrected chi connectivity index (χ3v) is 1.48. The average molecular weight is 176 g/mol. The van der Waals surface area contributed by atoms with Crippen LogP contribution in [0.25, 0.3) is 0 Å². The lowest BCUT2D eigenvalue weighted by atomic mass is 10.3. The van der Waals surface area contributed by atoms with E-state index in [2.05, 4.69) is 6.92 Å². The number of halogens is 1. The van der Waals surface area contributed by atoms with Crippen LogP contribution in [0.3, 0.4) is 0 Å². The Bertz CT molecular complexity index is 208. The quantitative estimate of drug-likeness (QED) is 0.749. The van der Waals surface area contributed by atoms with Crippen molar-refractivity contribution < 1.29 is 4.42 Å². The zero-order valence-corrected chi connectivity index (χ0v) is 7.65. The van der Waals surface area contributed by atoms with Crippen LogP contribution in [-0.4, -0.2) is 0 Å². The van der Waals surface area contributed by atoms with Gasteiger partial charge in [0.1, 0.15) is 11.5 Å². The van der Waals surface area contributed by atoms with Crippen LogP contribution in [0.1, 0.15) is 31.4 Å². The van der Waals surface area contributed by atoms with Gasteiger partial charge in [-0.05, 0) is 19.1 Å². The van der Waals surface area contributed by atoms with Crippen LogP contribution in [-0.2, 0) is 6.42 Å². The van der Waals surface area contributed by atoms with Crippen molar-refractivity contribution >= 4 is 12.4 Å². The molecule has 0 saturated carbocycles. The molecule has 0 aliphatic heterocycles. The van der Waals surface area contributed by atoms with Gasteiger partial charge in [0.05, 0.1) is 6.04 Å². The smallest absolute Gasteiger partial charge is 0.120 e.